The minimum Gasteiger partial charge on any atom is -0.327 e. The van der Waals surface area contributed by atoms with Gasteiger partial charge in [0.25, 0.3) is 0 Å². The number of benzene rings is 2. The Balaban J connectivity index is 2.33. The van der Waals surface area contributed by atoms with Crippen LogP contribution in [0.5, 0.6) is 0 Å². The van der Waals surface area contributed by atoms with E-state index in [1.54, 1.807) is 30.3 Å². The van der Waals surface area contributed by atoms with Gasteiger partial charge in [0.05, 0.1) is 38.3 Å². The van der Waals surface area contributed by atoms with Crippen molar-refractivity contribution in [3.8, 4) is 17.5 Å². The van der Waals surface area contributed by atoms with Crippen LogP contribution in [0.15, 0.2) is 36.4 Å². The fourth-order valence-electron chi connectivity index (χ4n) is 2.20. The Kier molecular flexibility index (Phi) is 3.13. The van der Waals surface area contributed by atoms with Crippen LogP contribution in [0, 0.1) is 11.3 Å². The Morgan fingerprint density at radius 1 is 1.15 bits per heavy atom. The normalized spacial score (nSPS) is 10.7. The third kappa shape index (κ3) is 1.94. The molecule has 98 valence electrons. The molecule has 1 aromatic heterocycles. The van der Waals surface area contributed by atoms with E-state index in [1.165, 1.54) is 0 Å². The zero-order chi connectivity index (χ0) is 14.3. The summed E-state index contributed by atoms with van der Waals surface area (Å²) in [5, 5.41) is 10.1. The molecule has 0 atom stereocenters. The Morgan fingerprint density at radius 2 is 1.85 bits per heavy atom. The van der Waals surface area contributed by atoms with Crippen molar-refractivity contribution in [1.82, 2.24) is 9.55 Å². The highest BCUT2D eigenvalue weighted by Gasteiger charge is 2.15. The first-order valence-electron chi connectivity index (χ1n) is 5.93. The molecule has 3 rings (SSSR count). The molecule has 0 amide bonds. The lowest BCUT2D eigenvalue weighted by atomic mass is 10.2. The molecule has 0 saturated heterocycles. The quantitative estimate of drug-likeness (QED) is 0.667. The molecule has 0 saturated carbocycles. The van der Waals surface area contributed by atoms with Crippen LogP contribution in [0.1, 0.15) is 5.56 Å². The summed E-state index contributed by atoms with van der Waals surface area (Å²) in [5.41, 5.74) is 2.95. The molecule has 0 radical (unpaired) electrons. The molecule has 0 N–H and O–H groups in total. The summed E-state index contributed by atoms with van der Waals surface area (Å²) >= 11 is 12.5. The Hall–Kier alpha value is -2.02. The van der Waals surface area contributed by atoms with E-state index in [4.69, 9.17) is 28.5 Å². The molecule has 0 unspecified atom stereocenters. The average molecular weight is 302 g/mol. The van der Waals surface area contributed by atoms with Gasteiger partial charge in [-0.05, 0) is 30.3 Å². The average Bonchev–Trinajstić information content (AvgIpc) is 2.75. The predicted octanol–water partition coefficient (Wildman–Crippen LogP) is 4.42. The molecule has 3 nitrogen and oxygen atoms in total. The minimum absolute atomic E-state index is 0.552. The van der Waals surface area contributed by atoms with Crippen molar-refractivity contribution in [2.24, 2.45) is 7.05 Å². The molecule has 5 heteroatoms. The molecule has 0 fully saturated rings. The monoisotopic (exact) mass is 301 g/mol. The second-order valence-electron chi connectivity index (χ2n) is 4.41. The second-order valence-corrected chi connectivity index (χ2v) is 5.22. The second kappa shape index (κ2) is 4.82. The Bertz CT molecular complexity index is 839. The smallest absolute Gasteiger partial charge is 0.143 e. The van der Waals surface area contributed by atoms with Gasteiger partial charge in [-0.1, -0.05) is 29.3 Å². The van der Waals surface area contributed by atoms with Gasteiger partial charge in [-0.15, -0.1) is 0 Å². The highest BCUT2D eigenvalue weighted by atomic mass is 35.5. The molecule has 0 bridgehead atoms. The molecular weight excluding hydrogens is 293 g/mol. The van der Waals surface area contributed by atoms with Gasteiger partial charge in [0.2, 0.25) is 0 Å². The van der Waals surface area contributed by atoms with E-state index in [0.29, 0.717) is 27.0 Å². The number of rotatable bonds is 1. The van der Waals surface area contributed by atoms with Crippen LogP contribution in [0.2, 0.25) is 10.0 Å². The largest absolute Gasteiger partial charge is 0.327 e. The number of imidazole rings is 1. The number of aromatic nitrogens is 2. The first-order chi connectivity index (χ1) is 9.61. The first kappa shape index (κ1) is 13.0. The molecule has 0 aliphatic heterocycles. The van der Waals surface area contributed by atoms with E-state index >= 15 is 0 Å². The summed E-state index contributed by atoms with van der Waals surface area (Å²) < 4.78 is 1.92. The van der Waals surface area contributed by atoms with Crippen molar-refractivity contribution in [2.45, 2.75) is 0 Å². The van der Waals surface area contributed by atoms with Gasteiger partial charge < -0.3 is 4.57 Å². The number of hydrogen-bond acceptors (Lipinski definition) is 2. The van der Waals surface area contributed by atoms with Crippen molar-refractivity contribution in [3.05, 3.63) is 52.0 Å². The molecule has 0 aliphatic carbocycles. The van der Waals surface area contributed by atoms with Crippen LogP contribution >= 0.6 is 23.2 Å². The summed E-state index contributed by atoms with van der Waals surface area (Å²) in [7, 11) is 1.90. The summed E-state index contributed by atoms with van der Waals surface area (Å²) in [6.45, 7) is 0. The Labute approximate surface area is 126 Å². The van der Waals surface area contributed by atoms with Gasteiger partial charge in [0.15, 0.2) is 0 Å². The number of nitrogens with zero attached hydrogens (tertiary/aromatic N) is 3. The lowest BCUT2D eigenvalue weighted by Crippen LogP contribution is -1.93. The zero-order valence-electron chi connectivity index (χ0n) is 10.6. The topological polar surface area (TPSA) is 41.6 Å². The number of hydrogen-bond donors (Lipinski definition) is 0. The first-order valence-corrected chi connectivity index (χ1v) is 6.68. The molecule has 20 heavy (non-hydrogen) atoms. The fraction of sp³-hybridized carbons (Fsp3) is 0.0667. The fourth-order valence-corrected chi connectivity index (χ4v) is 2.77. The van der Waals surface area contributed by atoms with Gasteiger partial charge in [-0.3, -0.25) is 0 Å². The van der Waals surface area contributed by atoms with Crippen molar-refractivity contribution >= 4 is 34.2 Å². The van der Waals surface area contributed by atoms with Crippen LogP contribution < -0.4 is 0 Å². The molecule has 1 heterocycles. The van der Waals surface area contributed by atoms with E-state index in [2.05, 4.69) is 11.1 Å². The van der Waals surface area contributed by atoms with E-state index in [0.717, 1.165) is 11.0 Å². The lowest BCUT2D eigenvalue weighted by Gasteiger charge is -2.06. The lowest BCUT2D eigenvalue weighted by molar-refractivity contribution is 0.959. The third-order valence-electron chi connectivity index (χ3n) is 3.20. The summed E-state index contributed by atoms with van der Waals surface area (Å²) in [6, 6.07) is 12.9. The number of halogens is 2. The van der Waals surface area contributed by atoms with Gasteiger partial charge in [0, 0.05) is 7.05 Å². The number of fused-ring (bicyclic) bond motifs is 1. The molecule has 0 spiro atoms. The zero-order valence-corrected chi connectivity index (χ0v) is 12.1. The highest BCUT2D eigenvalue weighted by molar-refractivity contribution is 6.39. The summed E-state index contributed by atoms with van der Waals surface area (Å²) in [6.07, 6.45) is 0. The maximum atomic E-state index is 8.95. The Morgan fingerprint density at radius 3 is 2.50 bits per heavy atom. The standard InChI is InChI=1S/C15H9Cl2N3/c1-20-13-6-5-9(8-18)7-12(13)19-15(20)14-10(16)3-2-4-11(14)17/h2-7H,1H3. The van der Waals surface area contributed by atoms with Crippen LogP contribution in [0.3, 0.4) is 0 Å². The summed E-state index contributed by atoms with van der Waals surface area (Å²) in [5.74, 6) is 0.686. The highest BCUT2D eigenvalue weighted by Crippen LogP contribution is 2.35. The van der Waals surface area contributed by atoms with Gasteiger partial charge in [-0.25, -0.2) is 4.98 Å². The molecule has 3 aromatic rings. The summed E-state index contributed by atoms with van der Waals surface area (Å²) in [4.78, 5) is 4.56. The molecular formula is C15H9Cl2N3. The molecule has 0 aliphatic rings. The van der Waals surface area contributed by atoms with E-state index in [-0.39, 0.29) is 0 Å². The maximum Gasteiger partial charge on any atom is 0.143 e. The molecule has 2 aromatic carbocycles. The van der Waals surface area contributed by atoms with Crippen LogP contribution in [0.4, 0.5) is 0 Å². The van der Waals surface area contributed by atoms with E-state index in [9.17, 15) is 0 Å². The van der Waals surface area contributed by atoms with E-state index < -0.39 is 0 Å². The predicted molar refractivity (Wildman–Crippen MR) is 80.9 cm³/mol. The minimum atomic E-state index is 0.552. The van der Waals surface area contributed by atoms with Crippen molar-refractivity contribution in [1.29, 1.82) is 5.26 Å². The van der Waals surface area contributed by atoms with E-state index in [1.807, 2.05) is 17.7 Å². The van der Waals surface area contributed by atoms with Crippen LogP contribution in [-0.4, -0.2) is 9.55 Å². The van der Waals surface area contributed by atoms with Crippen LogP contribution in [0.25, 0.3) is 22.4 Å². The van der Waals surface area contributed by atoms with Gasteiger partial charge in [0.1, 0.15) is 5.82 Å². The van der Waals surface area contributed by atoms with Gasteiger partial charge in [-0.2, -0.15) is 5.26 Å². The van der Waals surface area contributed by atoms with Gasteiger partial charge >= 0.3 is 0 Å². The van der Waals surface area contributed by atoms with Crippen LogP contribution in [-0.2, 0) is 7.05 Å². The SMILES string of the molecule is Cn1c(-c2c(Cl)cccc2Cl)nc2cc(C#N)ccc21. The number of nitriles is 1. The van der Waals surface area contributed by atoms with Crippen molar-refractivity contribution < 1.29 is 0 Å². The third-order valence-corrected chi connectivity index (χ3v) is 3.83. The van der Waals surface area contributed by atoms with Crippen molar-refractivity contribution in [3.63, 3.8) is 0 Å². The maximum absolute atomic E-state index is 8.95. The number of aryl methyl sites for hydroxylation is 1. The van der Waals surface area contributed by atoms with Crippen molar-refractivity contribution in [2.75, 3.05) is 0 Å².